The third kappa shape index (κ3) is 166. The molecule has 2 radical (unpaired) electrons. The van der Waals surface area contributed by atoms with Crippen molar-refractivity contribution < 1.29 is 24.6 Å². The number of nitrogens with zero attached hydrogens (tertiary/aromatic N) is 1. The minimum Gasteiger partial charge on any atom is 0 e. The van der Waals surface area contributed by atoms with Gasteiger partial charge >= 0.3 is 27.3 Å². The van der Waals surface area contributed by atoms with Crippen LogP contribution in [0.2, 0.25) is 0 Å². The molecule has 0 saturated carbocycles. The van der Waals surface area contributed by atoms with Gasteiger partial charge in [0.15, 0.2) is 0 Å². The van der Waals surface area contributed by atoms with Gasteiger partial charge < -0.3 is 15.3 Å². The van der Waals surface area contributed by atoms with Crippen LogP contribution < -0.4 is 0 Å². The van der Waals surface area contributed by atoms with Crippen LogP contribution in [0.15, 0.2) is 0 Å². The van der Waals surface area contributed by atoms with E-state index in [1.807, 2.05) is 0 Å². The largest absolute Gasteiger partial charge is 0 e. The molecule has 0 rings (SSSR count). The third-order valence-corrected chi connectivity index (χ3v) is 0. The molecule has 7 heavy (non-hydrogen) atoms. The predicted molar refractivity (Wildman–Crippen MR) is 26.2 cm³/mol. The van der Waals surface area contributed by atoms with Crippen molar-refractivity contribution in [3.63, 3.8) is 0 Å². The van der Waals surface area contributed by atoms with E-state index in [0.29, 0.717) is 0 Å². The smallest absolute Gasteiger partial charge is 0 e. The Kier molecular flexibility index (Phi) is 54.9. The van der Waals surface area contributed by atoms with Gasteiger partial charge in [0, 0.05) is 19.5 Å². The van der Waals surface area contributed by atoms with Gasteiger partial charge in [0.1, 0.15) is 0 Å². The molecular formula is H3ClNO3PbZn-. The van der Waals surface area contributed by atoms with E-state index >= 15 is 0 Å². The van der Waals surface area contributed by atoms with Crippen LogP contribution in [0.3, 0.4) is 0 Å². The van der Waals surface area contributed by atoms with Crippen LogP contribution >= 0.6 is 12.4 Å². The summed E-state index contributed by atoms with van der Waals surface area (Å²) >= 11 is 0. The summed E-state index contributed by atoms with van der Waals surface area (Å²) in [5, 5.41) is 14.8. The summed E-state index contributed by atoms with van der Waals surface area (Å²) in [6.07, 6.45) is 0. The molecule has 0 fully saturated rings. The second-order valence-electron chi connectivity index (χ2n) is 0.224. The Hall–Kier alpha value is 1.04. The summed E-state index contributed by atoms with van der Waals surface area (Å²) in [5.74, 6) is 0. The van der Waals surface area contributed by atoms with E-state index in [-0.39, 0.29) is 59.2 Å². The average molecular weight is 373 g/mol. The molecule has 0 aromatic rings. The van der Waals surface area contributed by atoms with Gasteiger partial charge in [-0.15, -0.1) is 12.4 Å². The summed E-state index contributed by atoms with van der Waals surface area (Å²) in [4.78, 5) is 8.25. The first-order chi connectivity index (χ1) is 1.73. The van der Waals surface area contributed by atoms with Crippen molar-refractivity contribution in [2.75, 3.05) is 0 Å². The Bertz CT molecular complexity index is 37.9. The molecule has 0 aliphatic carbocycles. The molecule has 0 aliphatic heterocycles. The summed E-state index contributed by atoms with van der Waals surface area (Å²) < 4.78 is 0. The van der Waals surface area contributed by atoms with Crippen molar-refractivity contribution in [1.82, 2.24) is 0 Å². The second kappa shape index (κ2) is 15.7. The second-order valence-corrected chi connectivity index (χ2v) is 0.224. The maximum absolute atomic E-state index is 8.25. The Morgan fingerprint density at radius 3 is 1.29 bits per heavy atom. The zero-order chi connectivity index (χ0) is 3.58. The zero-order valence-corrected chi connectivity index (χ0v) is 12.8. The number of hydrogen-bond acceptors (Lipinski definition) is 3. The SMILES string of the molecule is Cl.O=[N+]([O-])[O-].[PbH2].[Zn]. The summed E-state index contributed by atoms with van der Waals surface area (Å²) in [6, 6.07) is 0. The third-order valence-electron chi connectivity index (χ3n) is 0. The fourth-order valence-electron chi connectivity index (χ4n) is 0. The fourth-order valence-corrected chi connectivity index (χ4v) is 0. The molecule has 0 aromatic carbocycles. The number of halogens is 1. The summed E-state index contributed by atoms with van der Waals surface area (Å²) in [7, 11) is 0. The maximum Gasteiger partial charge on any atom is 0 e. The van der Waals surface area contributed by atoms with Crippen molar-refractivity contribution in [3.8, 4) is 0 Å². The van der Waals surface area contributed by atoms with Crippen LogP contribution in [0.4, 0.5) is 0 Å². The molecule has 0 aliphatic rings. The van der Waals surface area contributed by atoms with Gasteiger partial charge in [0.2, 0.25) is 0 Å². The van der Waals surface area contributed by atoms with E-state index in [9.17, 15) is 0 Å². The Morgan fingerprint density at radius 2 is 1.29 bits per heavy atom. The molecule has 0 aromatic heterocycles. The molecule has 0 saturated heterocycles. The van der Waals surface area contributed by atoms with Gasteiger partial charge in [0.05, 0.1) is 5.09 Å². The van der Waals surface area contributed by atoms with Gasteiger partial charge in [-0.3, -0.25) is 0 Å². The van der Waals surface area contributed by atoms with Crippen molar-refractivity contribution in [3.05, 3.63) is 15.3 Å². The van der Waals surface area contributed by atoms with Gasteiger partial charge in [0.25, 0.3) is 0 Å². The summed E-state index contributed by atoms with van der Waals surface area (Å²) in [6.45, 7) is 0. The van der Waals surface area contributed by atoms with Crippen LogP contribution in [0.1, 0.15) is 0 Å². The molecule has 0 atom stereocenters. The molecule has 0 bridgehead atoms. The summed E-state index contributed by atoms with van der Waals surface area (Å²) in [5.41, 5.74) is 0. The minimum atomic E-state index is -1.75. The van der Waals surface area contributed by atoms with Gasteiger partial charge in [-0.2, -0.15) is 0 Å². The molecule has 0 heterocycles. The molecule has 4 nitrogen and oxygen atoms in total. The van der Waals surface area contributed by atoms with Crippen LogP contribution in [0, 0.1) is 15.3 Å². The monoisotopic (exact) mass is 372 g/mol. The predicted octanol–water partition coefficient (Wildman–Crippen LogP) is -0.736. The number of hydrogen-bond donors (Lipinski definition) is 0. The molecule has 0 unspecified atom stereocenters. The van der Waals surface area contributed by atoms with Gasteiger partial charge in [-0.1, -0.05) is 0 Å². The van der Waals surface area contributed by atoms with E-state index in [0.717, 1.165) is 0 Å². The van der Waals surface area contributed by atoms with E-state index < -0.39 is 5.09 Å². The van der Waals surface area contributed by atoms with Crippen LogP contribution in [-0.2, 0) is 19.5 Å². The van der Waals surface area contributed by atoms with Crippen molar-refractivity contribution in [2.45, 2.75) is 0 Å². The molecule has 40 valence electrons. The molecule has 0 N–H and O–H groups in total. The average Bonchev–Trinajstić information content (AvgIpc) is 0.811. The normalized spacial score (nSPS) is 3.43. The first-order valence-corrected chi connectivity index (χ1v) is 0.548. The Labute approximate surface area is 79.1 Å². The first kappa shape index (κ1) is 24.4. The minimum absolute atomic E-state index is 0. The molecule has 0 spiro atoms. The molecule has 7 heteroatoms. The van der Waals surface area contributed by atoms with Crippen LogP contribution in [-0.4, -0.2) is 32.4 Å². The van der Waals surface area contributed by atoms with Gasteiger partial charge in [-0.25, -0.2) is 0 Å². The van der Waals surface area contributed by atoms with Crippen LogP contribution in [0.5, 0.6) is 0 Å². The van der Waals surface area contributed by atoms with Crippen molar-refractivity contribution in [1.29, 1.82) is 0 Å². The molecule has 0 amide bonds. The fraction of sp³-hybridized carbons (Fsp3) is 0. The topological polar surface area (TPSA) is 66.2 Å². The van der Waals surface area contributed by atoms with E-state index in [1.54, 1.807) is 0 Å². The van der Waals surface area contributed by atoms with Crippen LogP contribution in [0.25, 0.3) is 0 Å². The van der Waals surface area contributed by atoms with E-state index in [2.05, 4.69) is 0 Å². The number of rotatable bonds is 0. The van der Waals surface area contributed by atoms with Crippen molar-refractivity contribution >= 4 is 39.7 Å². The maximum atomic E-state index is 8.25. The Balaban J connectivity index is -0.0000000150. The molecular weight excluding hydrogens is 370 g/mol. The van der Waals surface area contributed by atoms with Gasteiger partial charge in [-0.05, 0) is 0 Å². The first-order valence-electron chi connectivity index (χ1n) is 0.548. The van der Waals surface area contributed by atoms with E-state index in [4.69, 9.17) is 15.3 Å². The van der Waals surface area contributed by atoms with E-state index in [1.165, 1.54) is 0 Å². The van der Waals surface area contributed by atoms with Crippen molar-refractivity contribution in [2.24, 2.45) is 0 Å². The standard InChI is InChI=1S/ClH.NO3.Pb.Zn.2H/c;2-1(3)4;;;;/h1H;;;;;/q;-1;;;;. The Morgan fingerprint density at radius 1 is 1.29 bits per heavy atom. The zero-order valence-electron chi connectivity index (χ0n) is 3.49. The quantitative estimate of drug-likeness (QED) is 0.319.